The lowest BCUT2D eigenvalue weighted by Gasteiger charge is -2.08. The van der Waals surface area contributed by atoms with E-state index >= 15 is 0 Å². The molecule has 0 bridgehead atoms. The zero-order valence-corrected chi connectivity index (χ0v) is 12.4. The van der Waals surface area contributed by atoms with Crippen LogP contribution in [-0.4, -0.2) is 11.1 Å². The molecule has 98 valence electrons. The van der Waals surface area contributed by atoms with E-state index in [0.717, 1.165) is 16.5 Å². The van der Waals surface area contributed by atoms with Crippen LogP contribution >= 0.6 is 27.5 Å². The first kappa shape index (κ1) is 14.1. The third-order valence-electron chi connectivity index (χ3n) is 2.93. The standard InChI is InChI=1S/C15H12BrClO2/c16-11-7-4-10(5-8-11)6-9-12-13(15(18)19)2-1-3-14(12)17/h1-5,7-8H,6,9H2,(H,18,19). The van der Waals surface area contributed by atoms with Crippen LogP contribution in [-0.2, 0) is 12.8 Å². The topological polar surface area (TPSA) is 37.3 Å². The van der Waals surface area contributed by atoms with Crippen molar-refractivity contribution >= 4 is 33.5 Å². The number of hydrogen-bond donors (Lipinski definition) is 1. The molecule has 0 spiro atoms. The third kappa shape index (κ3) is 3.58. The fraction of sp³-hybridized carbons (Fsp3) is 0.133. The quantitative estimate of drug-likeness (QED) is 0.885. The van der Waals surface area contributed by atoms with Crippen LogP contribution < -0.4 is 0 Å². The van der Waals surface area contributed by atoms with Gasteiger partial charge in [-0.1, -0.05) is 45.7 Å². The molecule has 0 amide bonds. The highest BCUT2D eigenvalue weighted by molar-refractivity contribution is 9.10. The van der Waals surface area contributed by atoms with Gasteiger partial charge in [-0.25, -0.2) is 4.79 Å². The molecule has 19 heavy (non-hydrogen) atoms. The molecule has 0 saturated carbocycles. The van der Waals surface area contributed by atoms with Crippen molar-refractivity contribution in [1.29, 1.82) is 0 Å². The van der Waals surface area contributed by atoms with Crippen molar-refractivity contribution in [3.63, 3.8) is 0 Å². The maximum absolute atomic E-state index is 11.2. The fourth-order valence-corrected chi connectivity index (χ4v) is 2.47. The molecule has 2 aromatic rings. The van der Waals surface area contributed by atoms with Gasteiger partial charge in [-0.05, 0) is 48.2 Å². The molecule has 2 nitrogen and oxygen atoms in total. The lowest BCUT2D eigenvalue weighted by molar-refractivity contribution is 0.0695. The van der Waals surface area contributed by atoms with Gasteiger partial charge in [0.2, 0.25) is 0 Å². The molecule has 2 rings (SSSR count). The molecule has 0 aliphatic rings. The SMILES string of the molecule is O=C(O)c1cccc(Cl)c1CCc1ccc(Br)cc1. The molecular formula is C15H12BrClO2. The molecule has 2 aromatic carbocycles. The largest absolute Gasteiger partial charge is 0.478 e. The summed E-state index contributed by atoms with van der Waals surface area (Å²) in [5.74, 6) is -0.937. The molecule has 0 fully saturated rings. The van der Waals surface area contributed by atoms with E-state index in [-0.39, 0.29) is 5.56 Å². The van der Waals surface area contributed by atoms with Crippen molar-refractivity contribution in [3.05, 3.63) is 68.7 Å². The van der Waals surface area contributed by atoms with Crippen LogP contribution in [0.5, 0.6) is 0 Å². The first-order valence-corrected chi connectivity index (χ1v) is 7.00. The van der Waals surface area contributed by atoms with E-state index in [9.17, 15) is 4.79 Å². The lowest BCUT2D eigenvalue weighted by Crippen LogP contribution is -2.04. The fourth-order valence-electron chi connectivity index (χ4n) is 1.93. The Balaban J connectivity index is 2.19. The second-order valence-electron chi connectivity index (χ2n) is 4.20. The molecule has 0 heterocycles. The number of benzene rings is 2. The van der Waals surface area contributed by atoms with E-state index in [4.69, 9.17) is 16.7 Å². The van der Waals surface area contributed by atoms with Gasteiger partial charge in [-0.2, -0.15) is 0 Å². The van der Waals surface area contributed by atoms with Crippen molar-refractivity contribution < 1.29 is 9.90 Å². The Kier molecular flexibility index (Phi) is 4.61. The van der Waals surface area contributed by atoms with Crippen LogP contribution in [0.25, 0.3) is 0 Å². The summed E-state index contributed by atoms with van der Waals surface area (Å²) >= 11 is 9.48. The van der Waals surface area contributed by atoms with Gasteiger partial charge >= 0.3 is 5.97 Å². The van der Waals surface area contributed by atoms with E-state index in [0.29, 0.717) is 17.0 Å². The number of rotatable bonds is 4. The summed E-state index contributed by atoms with van der Waals surface area (Å²) in [6, 6.07) is 13.0. The minimum atomic E-state index is -0.937. The Morgan fingerprint density at radius 2 is 1.79 bits per heavy atom. The Morgan fingerprint density at radius 3 is 2.42 bits per heavy atom. The van der Waals surface area contributed by atoms with Crippen molar-refractivity contribution in [2.45, 2.75) is 12.8 Å². The number of aromatic carboxylic acids is 1. The molecule has 0 radical (unpaired) electrons. The van der Waals surface area contributed by atoms with Gasteiger partial charge in [0.25, 0.3) is 0 Å². The van der Waals surface area contributed by atoms with Crippen LogP contribution in [0, 0.1) is 0 Å². The molecule has 1 N–H and O–H groups in total. The van der Waals surface area contributed by atoms with Gasteiger partial charge in [0.1, 0.15) is 0 Å². The average molecular weight is 340 g/mol. The monoisotopic (exact) mass is 338 g/mol. The summed E-state index contributed by atoms with van der Waals surface area (Å²) in [4.78, 5) is 11.2. The Hall–Kier alpha value is -1.32. The van der Waals surface area contributed by atoms with E-state index in [1.54, 1.807) is 18.2 Å². The highest BCUT2D eigenvalue weighted by Crippen LogP contribution is 2.22. The number of halogens is 2. The van der Waals surface area contributed by atoms with Crippen LogP contribution in [0.3, 0.4) is 0 Å². The van der Waals surface area contributed by atoms with Crippen molar-refractivity contribution in [3.8, 4) is 0 Å². The first-order valence-electron chi connectivity index (χ1n) is 5.83. The molecule has 0 aromatic heterocycles. The number of carboxylic acid groups (broad SMARTS) is 1. The van der Waals surface area contributed by atoms with Gasteiger partial charge in [-0.3, -0.25) is 0 Å². The van der Waals surface area contributed by atoms with Gasteiger partial charge in [-0.15, -0.1) is 0 Å². The molecule has 0 aliphatic carbocycles. The Bertz CT molecular complexity index is 594. The second-order valence-corrected chi connectivity index (χ2v) is 5.52. The predicted octanol–water partition coefficient (Wildman–Crippen LogP) is 4.59. The number of carboxylic acids is 1. The molecule has 0 unspecified atom stereocenters. The van der Waals surface area contributed by atoms with Crippen LogP contribution in [0.1, 0.15) is 21.5 Å². The van der Waals surface area contributed by atoms with E-state index < -0.39 is 5.97 Å². The van der Waals surface area contributed by atoms with Crippen LogP contribution in [0.15, 0.2) is 46.9 Å². The third-order valence-corrected chi connectivity index (χ3v) is 3.81. The Labute approximate surface area is 125 Å². The normalized spacial score (nSPS) is 10.4. The minimum Gasteiger partial charge on any atom is -0.478 e. The van der Waals surface area contributed by atoms with Gasteiger partial charge in [0.05, 0.1) is 5.56 Å². The predicted molar refractivity (Wildman–Crippen MR) is 80.0 cm³/mol. The van der Waals surface area contributed by atoms with Gasteiger partial charge in [0.15, 0.2) is 0 Å². The summed E-state index contributed by atoms with van der Waals surface area (Å²) in [7, 11) is 0. The van der Waals surface area contributed by atoms with Crippen molar-refractivity contribution in [2.75, 3.05) is 0 Å². The summed E-state index contributed by atoms with van der Waals surface area (Å²) in [5, 5.41) is 9.67. The second kappa shape index (κ2) is 6.22. The number of carbonyl (C=O) groups is 1. The zero-order valence-electron chi connectivity index (χ0n) is 10.1. The summed E-state index contributed by atoms with van der Waals surface area (Å²) in [6.07, 6.45) is 1.38. The smallest absolute Gasteiger partial charge is 0.336 e. The van der Waals surface area contributed by atoms with E-state index in [2.05, 4.69) is 15.9 Å². The summed E-state index contributed by atoms with van der Waals surface area (Å²) in [6.45, 7) is 0. The minimum absolute atomic E-state index is 0.282. The van der Waals surface area contributed by atoms with E-state index in [1.165, 1.54) is 0 Å². The summed E-state index contributed by atoms with van der Waals surface area (Å²) < 4.78 is 1.03. The highest BCUT2D eigenvalue weighted by atomic mass is 79.9. The number of hydrogen-bond acceptors (Lipinski definition) is 1. The number of aryl methyl sites for hydroxylation is 1. The Morgan fingerprint density at radius 1 is 1.11 bits per heavy atom. The maximum Gasteiger partial charge on any atom is 0.336 e. The van der Waals surface area contributed by atoms with Gasteiger partial charge in [0, 0.05) is 9.50 Å². The molecule has 0 saturated heterocycles. The van der Waals surface area contributed by atoms with E-state index in [1.807, 2.05) is 24.3 Å². The maximum atomic E-state index is 11.2. The highest BCUT2D eigenvalue weighted by Gasteiger charge is 2.12. The molecule has 0 aliphatic heterocycles. The van der Waals surface area contributed by atoms with Crippen molar-refractivity contribution in [1.82, 2.24) is 0 Å². The molecule has 4 heteroatoms. The summed E-state index contributed by atoms with van der Waals surface area (Å²) in [5.41, 5.74) is 2.13. The van der Waals surface area contributed by atoms with Crippen LogP contribution in [0.4, 0.5) is 0 Å². The van der Waals surface area contributed by atoms with Gasteiger partial charge < -0.3 is 5.11 Å². The average Bonchev–Trinajstić information content (AvgIpc) is 2.39. The first-order chi connectivity index (χ1) is 9.08. The lowest BCUT2D eigenvalue weighted by atomic mass is 10.00. The molecule has 0 atom stereocenters. The molecular weight excluding hydrogens is 328 g/mol. The van der Waals surface area contributed by atoms with Crippen molar-refractivity contribution in [2.24, 2.45) is 0 Å². The van der Waals surface area contributed by atoms with Crippen LogP contribution in [0.2, 0.25) is 5.02 Å². The zero-order chi connectivity index (χ0) is 13.8.